The number of benzene rings is 1. The monoisotopic (exact) mass is 264 g/mol. The number of rotatable bonds is 3. The van der Waals surface area contributed by atoms with Gasteiger partial charge in [0.2, 0.25) is 0 Å². The van der Waals surface area contributed by atoms with Crippen LogP contribution < -0.4 is 15.4 Å². The Balaban J connectivity index is 2.57. The molecular formula is C13H16N2O4. The normalized spacial score (nSPS) is 16.5. The molecule has 0 saturated carbocycles. The van der Waals surface area contributed by atoms with Gasteiger partial charge in [0.1, 0.15) is 5.75 Å². The van der Waals surface area contributed by atoms with Gasteiger partial charge in [-0.2, -0.15) is 0 Å². The number of hydrogen-bond acceptors (Lipinski definition) is 4. The summed E-state index contributed by atoms with van der Waals surface area (Å²) in [5, 5.41) is 14.3. The van der Waals surface area contributed by atoms with Gasteiger partial charge in [-0.15, -0.1) is 0 Å². The molecule has 6 heteroatoms. The van der Waals surface area contributed by atoms with Crippen LogP contribution in [0.3, 0.4) is 0 Å². The molecule has 19 heavy (non-hydrogen) atoms. The number of amides is 2. The molecule has 0 spiro atoms. The highest BCUT2D eigenvalue weighted by Crippen LogP contribution is 2.37. The van der Waals surface area contributed by atoms with Crippen molar-refractivity contribution in [2.45, 2.75) is 5.92 Å². The molecule has 0 bridgehead atoms. The van der Waals surface area contributed by atoms with Crippen molar-refractivity contribution in [1.29, 1.82) is 0 Å². The summed E-state index contributed by atoms with van der Waals surface area (Å²) < 4.78 is 5.47. The quantitative estimate of drug-likeness (QED) is 0.710. The van der Waals surface area contributed by atoms with Gasteiger partial charge in [-0.05, 0) is 12.1 Å². The summed E-state index contributed by atoms with van der Waals surface area (Å²) >= 11 is 0. The van der Waals surface area contributed by atoms with E-state index in [1.807, 2.05) is 0 Å². The van der Waals surface area contributed by atoms with Crippen molar-refractivity contribution < 1.29 is 19.4 Å². The van der Waals surface area contributed by atoms with Crippen LogP contribution in [-0.2, 0) is 0 Å². The molecule has 6 nitrogen and oxygen atoms in total. The van der Waals surface area contributed by atoms with Gasteiger partial charge in [0, 0.05) is 31.1 Å². The van der Waals surface area contributed by atoms with Crippen molar-refractivity contribution in [1.82, 2.24) is 10.6 Å². The molecule has 1 heterocycles. The SMILES string of the molecule is CNC(=O)c1cc(C(=O)NC)c2c(c1)C(CO)CO2. The van der Waals surface area contributed by atoms with E-state index >= 15 is 0 Å². The fraction of sp³-hybridized carbons (Fsp3) is 0.385. The summed E-state index contributed by atoms with van der Waals surface area (Å²) in [6.45, 7) is 0.227. The Labute approximate surface area is 110 Å². The average Bonchev–Trinajstić information content (AvgIpc) is 2.87. The fourth-order valence-electron chi connectivity index (χ4n) is 2.12. The number of nitrogens with one attached hydrogen (secondary N) is 2. The highest BCUT2D eigenvalue weighted by atomic mass is 16.5. The minimum atomic E-state index is -0.319. The molecule has 1 unspecified atom stereocenters. The summed E-state index contributed by atoms with van der Waals surface area (Å²) in [6.07, 6.45) is 0. The lowest BCUT2D eigenvalue weighted by molar-refractivity contribution is 0.0959. The topological polar surface area (TPSA) is 87.7 Å². The molecule has 1 aliphatic rings. The number of aliphatic hydroxyl groups is 1. The predicted molar refractivity (Wildman–Crippen MR) is 68.5 cm³/mol. The molecule has 102 valence electrons. The van der Waals surface area contributed by atoms with Crippen LogP contribution in [0.2, 0.25) is 0 Å². The van der Waals surface area contributed by atoms with Crippen molar-refractivity contribution in [2.75, 3.05) is 27.3 Å². The van der Waals surface area contributed by atoms with Crippen molar-refractivity contribution in [3.05, 3.63) is 28.8 Å². The third-order valence-corrected chi connectivity index (χ3v) is 3.17. The second kappa shape index (κ2) is 5.27. The summed E-state index contributed by atoms with van der Waals surface area (Å²) in [5.41, 5.74) is 1.39. The van der Waals surface area contributed by atoms with Crippen molar-refractivity contribution in [3.63, 3.8) is 0 Å². The molecule has 3 N–H and O–H groups in total. The van der Waals surface area contributed by atoms with Gasteiger partial charge in [-0.1, -0.05) is 0 Å². The standard InChI is InChI=1S/C13H16N2O4/c1-14-12(17)7-3-9-8(5-16)6-19-11(9)10(4-7)13(18)15-2/h3-4,8,16H,5-6H2,1-2H3,(H,14,17)(H,15,18). The van der Waals surface area contributed by atoms with Gasteiger partial charge >= 0.3 is 0 Å². The number of carbonyl (C=O) groups is 2. The third-order valence-electron chi connectivity index (χ3n) is 3.17. The molecule has 0 aliphatic carbocycles. The maximum atomic E-state index is 11.8. The molecule has 0 aromatic heterocycles. The first-order valence-electron chi connectivity index (χ1n) is 5.98. The first-order chi connectivity index (χ1) is 9.12. The minimum absolute atomic E-state index is 0.0859. The lowest BCUT2D eigenvalue weighted by atomic mass is 9.96. The Morgan fingerprint density at radius 3 is 2.58 bits per heavy atom. The number of aliphatic hydroxyl groups excluding tert-OH is 1. The van der Waals surface area contributed by atoms with Gasteiger partial charge in [0.05, 0.1) is 18.8 Å². The summed E-state index contributed by atoms with van der Waals surface area (Å²) in [6, 6.07) is 3.16. The van der Waals surface area contributed by atoms with Crippen LogP contribution in [0.25, 0.3) is 0 Å². The van der Waals surface area contributed by atoms with Crippen LogP contribution in [0.1, 0.15) is 32.2 Å². The Morgan fingerprint density at radius 1 is 1.32 bits per heavy atom. The van der Waals surface area contributed by atoms with Crippen LogP contribution >= 0.6 is 0 Å². The smallest absolute Gasteiger partial charge is 0.254 e. The number of ether oxygens (including phenoxy) is 1. The van der Waals surface area contributed by atoms with Crippen LogP contribution in [0.15, 0.2) is 12.1 Å². The second-order valence-electron chi connectivity index (χ2n) is 4.29. The number of hydrogen-bond donors (Lipinski definition) is 3. The van der Waals surface area contributed by atoms with E-state index in [1.54, 1.807) is 6.07 Å². The van der Waals surface area contributed by atoms with Gasteiger partial charge < -0.3 is 20.5 Å². The van der Waals surface area contributed by atoms with Crippen molar-refractivity contribution in [2.24, 2.45) is 0 Å². The largest absolute Gasteiger partial charge is 0.492 e. The van der Waals surface area contributed by atoms with E-state index < -0.39 is 0 Å². The van der Waals surface area contributed by atoms with E-state index in [1.165, 1.54) is 20.2 Å². The summed E-state index contributed by atoms with van der Waals surface area (Å²) in [5.74, 6) is -0.355. The Bertz CT molecular complexity index is 528. The molecule has 1 aliphatic heterocycles. The van der Waals surface area contributed by atoms with E-state index in [0.29, 0.717) is 29.0 Å². The van der Waals surface area contributed by atoms with Crippen LogP contribution in [0.4, 0.5) is 0 Å². The van der Waals surface area contributed by atoms with Gasteiger partial charge in [0.15, 0.2) is 0 Å². The average molecular weight is 264 g/mol. The molecule has 0 fully saturated rings. The van der Waals surface area contributed by atoms with Gasteiger partial charge in [-0.3, -0.25) is 9.59 Å². The Hall–Kier alpha value is -2.08. The van der Waals surface area contributed by atoms with E-state index in [0.717, 1.165) is 0 Å². The molecule has 2 amide bonds. The molecule has 2 rings (SSSR count). The highest BCUT2D eigenvalue weighted by Gasteiger charge is 2.29. The molecule has 1 aromatic carbocycles. The maximum absolute atomic E-state index is 11.8. The molecule has 1 aromatic rings. The van der Waals surface area contributed by atoms with E-state index in [9.17, 15) is 14.7 Å². The second-order valence-corrected chi connectivity index (χ2v) is 4.29. The van der Waals surface area contributed by atoms with Crippen LogP contribution in [0, 0.1) is 0 Å². The lowest BCUT2D eigenvalue weighted by Gasteiger charge is -2.10. The minimum Gasteiger partial charge on any atom is -0.492 e. The maximum Gasteiger partial charge on any atom is 0.254 e. The van der Waals surface area contributed by atoms with Crippen LogP contribution in [0.5, 0.6) is 5.75 Å². The van der Waals surface area contributed by atoms with Crippen molar-refractivity contribution >= 4 is 11.8 Å². The van der Waals surface area contributed by atoms with Gasteiger partial charge in [-0.25, -0.2) is 0 Å². The summed E-state index contributed by atoms with van der Waals surface area (Å²) in [4.78, 5) is 23.6. The fourth-order valence-corrected chi connectivity index (χ4v) is 2.12. The van der Waals surface area contributed by atoms with E-state index in [4.69, 9.17) is 4.74 Å². The van der Waals surface area contributed by atoms with E-state index in [-0.39, 0.29) is 24.3 Å². The molecule has 1 atom stereocenters. The predicted octanol–water partition coefficient (Wildman–Crippen LogP) is -0.126. The zero-order chi connectivity index (χ0) is 14.0. The number of fused-ring (bicyclic) bond motifs is 1. The number of carbonyl (C=O) groups excluding carboxylic acids is 2. The Morgan fingerprint density at radius 2 is 2.00 bits per heavy atom. The van der Waals surface area contributed by atoms with Crippen LogP contribution in [-0.4, -0.2) is 44.2 Å². The molecular weight excluding hydrogens is 248 g/mol. The molecule has 0 saturated heterocycles. The highest BCUT2D eigenvalue weighted by molar-refractivity contribution is 6.02. The lowest BCUT2D eigenvalue weighted by Crippen LogP contribution is -2.22. The zero-order valence-corrected chi connectivity index (χ0v) is 10.8. The van der Waals surface area contributed by atoms with E-state index in [2.05, 4.69) is 10.6 Å². The third kappa shape index (κ3) is 2.26. The Kier molecular flexibility index (Phi) is 3.71. The first kappa shape index (κ1) is 13.4. The van der Waals surface area contributed by atoms with Crippen molar-refractivity contribution in [3.8, 4) is 5.75 Å². The summed E-state index contributed by atoms with van der Waals surface area (Å²) in [7, 11) is 3.04. The first-order valence-corrected chi connectivity index (χ1v) is 5.98. The molecule has 0 radical (unpaired) electrons. The zero-order valence-electron chi connectivity index (χ0n) is 10.8. The van der Waals surface area contributed by atoms with Gasteiger partial charge in [0.25, 0.3) is 11.8 Å².